The molecule has 0 saturated carbocycles. The van der Waals surface area contributed by atoms with Crippen LogP contribution in [0.5, 0.6) is 0 Å². The van der Waals surface area contributed by atoms with Gasteiger partial charge in [0.2, 0.25) is 0 Å². The van der Waals surface area contributed by atoms with E-state index in [4.69, 9.17) is 5.11 Å². The van der Waals surface area contributed by atoms with Crippen LogP contribution in [0.1, 0.15) is 63.4 Å². The monoisotopic (exact) mass is 280 g/mol. The molecular weight excluding hydrogens is 255 g/mol. The molecule has 0 aliphatic carbocycles. The van der Waals surface area contributed by atoms with Gasteiger partial charge in [0.1, 0.15) is 5.82 Å². The van der Waals surface area contributed by atoms with Crippen molar-refractivity contribution in [3.8, 4) is 0 Å². The lowest BCUT2D eigenvalue weighted by Gasteiger charge is -2.03. The second-order valence-electron chi connectivity index (χ2n) is 5.35. The first-order chi connectivity index (χ1) is 9.68. The molecule has 0 atom stereocenters. The summed E-state index contributed by atoms with van der Waals surface area (Å²) in [6, 6.07) is 6.76. The van der Waals surface area contributed by atoms with Crippen LogP contribution in [0.2, 0.25) is 0 Å². The van der Waals surface area contributed by atoms with Gasteiger partial charge >= 0.3 is 5.97 Å². The zero-order valence-corrected chi connectivity index (χ0v) is 12.1. The second kappa shape index (κ2) is 10.4. The quantitative estimate of drug-likeness (QED) is 0.581. The predicted molar refractivity (Wildman–Crippen MR) is 79.3 cm³/mol. The minimum atomic E-state index is -0.689. The topological polar surface area (TPSA) is 37.3 Å². The molecule has 0 aromatic heterocycles. The molecule has 1 N–H and O–H groups in total. The maximum Gasteiger partial charge on any atom is 0.303 e. The molecule has 20 heavy (non-hydrogen) atoms. The molecule has 0 bridgehead atoms. The summed E-state index contributed by atoms with van der Waals surface area (Å²) in [6.45, 7) is 0. The molecule has 0 aliphatic rings. The van der Waals surface area contributed by atoms with Gasteiger partial charge in [-0.2, -0.15) is 0 Å². The van der Waals surface area contributed by atoms with Gasteiger partial charge in [-0.25, -0.2) is 4.39 Å². The molecule has 0 amide bonds. The van der Waals surface area contributed by atoms with Crippen LogP contribution in [0.4, 0.5) is 4.39 Å². The van der Waals surface area contributed by atoms with E-state index in [-0.39, 0.29) is 5.82 Å². The number of carbonyl (C=O) groups is 1. The van der Waals surface area contributed by atoms with Crippen LogP contribution in [-0.2, 0) is 11.2 Å². The summed E-state index contributed by atoms with van der Waals surface area (Å²) in [4.78, 5) is 10.3. The summed E-state index contributed by atoms with van der Waals surface area (Å²) < 4.78 is 12.7. The lowest BCUT2D eigenvalue weighted by molar-refractivity contribution is -0.137. The van der Waals surface area contributed by atoms with Crippen LogP contribution in [0, 0.1) is 5.82 Å². The normalized spacial score (nSPS) is 10.7. The Morgan fingerprint density at radius 3 is 1.90 bits per heavy atom. The highest BCUT2D eigenvalue weighted by Gasteiger charge is 1.97. The first-order valence-corrected chi connectivity index (χ1v) is 7.65. The Labute approximate surface area is 121 Å². The minimum Gasteiger partial charge on any atom is -0.481 e. The Morgan fingerprint density at radius 1 is 0.850 bits per heavy atom. The van der Waals surface area contributed by atoms with E-state index >= 15 is 0 Å². The van der Waals surface area contributed by atoms with E-state index in [1.807, 2.05) is 12.1 Å². The Morgan fingerprint density at radius 2 is 1.35 bits per heavy atom. The fraction of sp³-hybridized carbons (Fsp3) is 0.588. The largest absolute Gasteiger partial charge is 0.481 e. The van der Waals surface area contributed by atoms with Crippen LogP contribution in [-0.4, -0.2) is 11.1 Å². The van der Waals surface area contributed by atoms with Gasteiger partial charge in [0.15, 0.2) is 0 Å². The highest BCUT2D eigenvalue weighted by atomic mass is 19.1. The lowest BCUT2D eigenvalue weighted by atomic mass is 10.0. The summed E-state index contributed by atoms with van der Waals surface area (Å²) in [7, 11) is 0. The number of hydrogen-bond acceptors (Lipinski definition) is 1. The second-order valence-corrected chi connectivity index (χ2v) is 5.35. The van der Waals surface area contributed by atoms with E-state index in [0.29, 0.717) is 6.42 Å². The van der Waals surface area contributed by atoms with Gasteiger partial charge in [-0.1, -0.05) is 50.7 Å². The number of aliphatic carboxylic acids is 1. The van der Waals surface area contributed by atoms with E-state index < -0.39 is 5.97 Å². The van der Waals surface area contributed by atoms with Gasteiger partial charge in [0, 0.05) is 6.42 Å². The average Bonchev–Trinajstić information content (AvgIpc) is 2.42. The van der Waals surface area contributed by atoms with Gasteiger partial charge in [-0.15, -0.1) is 0 Å². The number of halogens is 1. The third kappa shape index (κ3) is 8.68. The van der Waals surface area contributed by atoms with Crippen molar-refractivity contribution in [1.29, 1.82) is 0 Å². The van der Waals surface area contributed by atoms with Crippen LogP contribution < -0.4 is 0 Å². The Hall–Kier alpha value is -1.38. The maximum absolute atomic E-state index is 12.7. The molecule has 0 unspecified atom stereocenters. The van der Waals surface area contributed by atoms with E-state index in [9.17, 15) is 9.18 Å². The molecule has 0 radical (unpaired) electrons. The molecule has 3 heteroatoms. The fourth-order valence-electron chi connectivity index (χ4n) is 2.32. The zero-order chi connectivity index (χ0) is 14.6. The Bertz CT molecular complexity index is 373. The first kappa shape index (κ1) is 16.7. The van der Waals surface area contributed by atoms with E-state index in [2.05, 4.69) is 0 Å². The van der Waals surface area contributed by atoms with Crippen molar-refractivity contribution in [2.75, 3.05) is 0 Å². The average molecular weight is 280 g/mol. The van der Waals surface area contributed by atoms with Crippen LogP contribution in [0.3, 0.4) is 0 Å². The number of unbranched alkanes of at least 4 members (excludes halogenated alkanes) is 7. The first-order valence-electron chi connectivity index (χ1n) is 7.65. The van der Waals surface area contributed by atoms with Crippen LogP contribution in [0.15, 0.2) is 24.3 Å². The molecule has 1 aromatic rings. The molecule has 0 spiro atoms. The zero-order valence-electron chi connectivity index (χ0n) is 12.1. The fourth-order valence-corrected chi connectivity index (χ4v) is 2.32. The third-order valence-corrected chi connectivity index (χ3v) is 3.52. The molecular formula is C17H25FO2. The van der Waals surface area contributed by atoms with E-state index in [0.717, 1.165) is 32.1 Å². The third-order valence-electron chi connectivity index (χ3n) is 3.52. The number of carboxylic acids is 1. The van der Waals surface area contributed by atoms with Gasteiger partial charge in [0.25, 0.3) is 0 Å². The van der Waals surface area contributed by atoms with Crippen molar-refractivity contribution in [3.63, 3.8) is 0 Å². The number of carboxylic acid groups (broad SMARTS) is 1. The SMILES string of the molecule is O=C(O)CCCCCCCCCCc1ccc(F)cc1. The lowest BCUT2D eigenvalue weighted by Crippen LogP contribution is -1.93. The maximum atomic E-state index is 12.7. The molecule has 0 aliphatic heterocycles. The van der Waals surface area contributed by atoms with Gasteiger partial charge in [-0.05, 0) is 37.0 Å². The number of aryl methyl sites for hydroxylation is 1. The van der Waals surface area contributed by atoms with Crippen molar-refractivity contribution in [2.24, 2.45) is 0 Å². The number of benzene rings is 1. The minimum absolute atomic E-state index is 0.170. The summed E-state index contributed by atoms with van der Waals surface area (Å²) in [5.74, 6) is -0.859. The molecule has 1 aromatic carbocycles. The van der Waals surface area contributed by atoms with Gasteiger partial charge in [-0.3, -0.25) is 4.79 Å². The summed E-state index contributed by atoms with van der Waals surface area (Å²) in [5, 5.41) is 8.50. The molecule has 1 rings (SSSR count). The predicted octanol–water partition coefficient (Wildman–Crippen LogP) is 4.96. The number of hydrogen-bond donors (Lipinski definition) is 1. The smallest absolute Gasteiger partial charge is 0.303 e. The summed E-state index contributed by atoms with van der Waals surface area (Å²) in [5.41, 5.74) is 1.21. The van der Waals surface area contributed by atoms with Crippen LogP contribution >= 0.6 is 0 Å². The molecule has 0 saturated heterocycles. The van der Waals surface area contributed by atoms with Crippen molar-refractivity contribution in [3.05, 3.63) is 35.6 Å². The summed E-state index contributed by atoms with van der Waals surface area (Å²) >= 11 is 0. The standard InChI is InChI=1S/C17H25FO2/c18-16-13-11-15(12-14-16)9-7-5-3-1-2-4-6-8-10-17(19)20/h11-14H,1-10H2,(H,19,20). The van der Waals surface area contributed by atoms with E-state index in [1.54, 1.807) is 0 Å². The Kier molecular flexibility index (Phi) is 8.68. The summed E-state index contributed by atoms with van der Waals surface area (Å²) in [6.07, 6.45) is 10.4. The van der Waals surface area contributed by atoms with Crippen molar-refractivity contribution < 1.29 is 14.3 Å². The molecule has 2 nitrogen and oxygen atoms in total. The highest BCUT2D eigenvalue weighted by molar-refractivity contribution is 5.66. The Balaban J connectivity index is 1.87. The van der Waals surface area contributed by atoms with Crippen molar-refractivity contribution in [2.45, 2.75) is 64.2 Å². The van der Waals surface area contributed by atoms with E-state index in [1.165, 1.54) is 43.4 Å². The highest BCUT2D eigenvalue weighted by Crippen LogP contribution is 2.12. The van der Waals surface area contributed by atoms with Gasteiger partial charge in [0.05, 0.1) is 0 Å². The molecule has 0 fully saturated rings. The molecule has 112 valence electrons. The van der Waals surface area contributed by atoms with Crippen molar-refractivity contribution in [1.82, 2.24) is 0 Å². The van der Waals surface area contributed by atoms with Crippen LogP contribution in [0.25, 0.3) is 0 Å². The van der Waals surface area contributed by atoms with Gasteiger partial charge < -0.3 is 5.11 Å². The van der Waals surface area contributed by atoms with Crippen molar-refractivity contribution >= 4 is 5.97 Å². The number of rotatable bonds is 11. The molecule has 0 heterocycles.